The van der Waals surface area contributed by atoms with Crippen LogP contribution in [-0.2, 0) is 0 Å². The molecule has 0 bridgehead atoms. The molecule has 1 saturated heterocycles. The smallest absolute Gasteiger partial charge is 0.157 e. The second-order valence-electron chi connectivity index (χ2n) is 4.86. The van der Waals surface area contributed by atoms with Crippen LogP contribution in [0.15, 0.2) is 35.3 Å². The molecular formula is C14H18N2S. The molecule has 1 unspecified atom stereocenters. The van der Waals surface area contributed by atoms with E-state index >= 15 is 0 Å². The van der Waals surface area contributed by atoms with Gasteiger partial charge >= 0.3 is 0 Å². The van der Waals surface area contributed by atoms with Gasteiger partial charge in [0.1, 0.15) is 0 Å². The first-order valence-corrected chi connectivity index (χ1v) is 7.39. The first-order valence-electron chi connectivity index (χ1n) is 6.40. The minimum Gasteiger partial charge on any atom is -0.357 e. The van der Waals surface area contributed by atoms with Crippen molar-refractivity contribution in [3.05, 3.63) is 35.9 Å². The first kappa shape index (κ1) is 11.1. The zero-order valence-electron chi connectivity index (χ0n) is 9.93. The van der Waals surface area contributed by atoms with Gasteiger partial charge in [-0.1, -0.05) is 48.5 Å². The van der Waals surface area contributed by atoms with E-state index in [2.05, 4.69) is 40.6 Å². The van der Waals surface area contributed by atoms with Crippen molar-refractivity contribution in [2.45, 2.75) is 25.3 Å². The van der Waals surface area contributed by atoms with E-state index in [9.17, 15) is 0 Å². The number of benzene rings is 1. The van der Waals surface area contributed by atoms with Gasteiger partial charge < -0.3 is 5.32 Å². The van der Waals surface area contributed by atoms with Gasteiger partial charge in [0.05, 0.1) is 6.04 Å². The lowest BCUT2D eigenvalue weighted by Crippen LogP contribution is -2.21. The van der Waals surface area contributed by atoms with Gasteiger partial charge in [0.2, 0.25) is 0 Å². The number of nitrogens with zero attached hydrogens (tertiary/aromatic N) is 1. The van der Waals surface area contributed by atoms with E-state index < -0.39 is 0 Å². The van der Waals surface area contributed by atoms with Gasteiger partial charge in [-0.05, 0) is 24.3 Å². The van der Waals surface area contributed by atoms with Crippen LogP contribution in [0.1, 0.15) is 30.9 Å². The van der Waals surface area contributed by atoms with Crippen LogP contribution in [0.5, 0.6) is 0 Å². The summed E-state index contributed by atoms with van der Waals surface area (Å²) in [5.41, 5.74) is 1.37. The van der Waals surface area contributed by atoms with Crippen LogP contribution >= 0.6 is 11.8 Å². The van der Waals surface area contributed by atoms with Crippen LogP contribution in [0.25, 0.3) is 0 Å². The molecule has 0 radical (unpaired) electrons. The van der Waals surface area contributed by atoms with Crippen LogP contribution in [0, 0.1) is 5.92 Å². The van der Waals surface area contributed by atoms with Crippen molar-refractivity contribution in [2.75, 3.05) is 12.3 Å². The fraction of sp³-hybridized carbons (Fsp3) is 0.500. The molecule has 17 heavy (non-hydrogen) atoms. The van der Waals surface area contributed by atoms with Crippen LogP contribution < -0.4 is 5.32 Å². The Balaban J connectivity index is 1.57. The summed E-state index contributed by atoms with van der Waals surface area (Å²) in [4.78, 5) is 4.69. The highest BCUT2D eigenvalue weighted by molar-refractivity contribution is 8.14. The maximum Gasteiger partial charge on any atom is 0.157 e. The molecule has 1 aliphatic carbocycles. The average Bonchev–Trinajstić information content (AvgIpc) is 2.77. The van der Waals surface area contributed by atoms with Crippen molar-refractivity contribution in [1.29, 1.82) is 0 Å². The zero-order chi connectivity index (χ0) is 11.5. The van der Waals surface area contributed by atoms with E-state index in [1.165, 1.54) is 24.8 Å². The molecule has 1 N–H and O–H groups in total. The summed E-state index contributed by atoms with van der Waals surface area (Å²) in [5.74, 6) is 1.97. The quantitative estimate of drug-likeness (QED) is 0.885. The Bertz CT molecular complexity index is 398. The standard InChI is InChI=1S/C14H18N2S/c1-2-7-12(8-3-1)13-10-17-14(16-13)15-9-11-5-4-6-11/h1-3,7-8,11,13H,4-6,9-10H2,(H,15,16). The molecular weight excluding hydrogens is 228 g/mol. The molecule has 1 atom stereocenters. The second kappa shape index (κ2) is 5.13. The molecule has 2 nitrogen and oxygen atoms in total. The van der Waals surface area contributed by atoms with Crippen molar-refractivity contribution in [2.24, 2.45) is 10.9 Å². The molecule has 90 valence electrons. The van der Waals surface area contributed by atoms with Crippen LogP contribution in [0.4, 0.5) is 0 Å². The number of amidine groups is 1. The highest BCUT2D eigenvalue weighted by atomic mass is 32.2. The summed E-state index contributed by atoms with van der Waals surface area (Å²) in [7, 11) is 0. The number of thioether (sulfide) groups is 1. The van der Waals surface area contributed by atoms with Crippen LogP contribution in [0.3, 0.4) is 0 Å². The monoisotopic (exact) mass is 246 g/mol. The maximum atomic E-state index is 4.69. The van der Waals surface area contributed by atoms with Gasteiger partial charge in [-0.15, -0.1) is 0 Å². The van der Waals surface area contributed by atoms with E-state index in [0.29, 0.717) is 6.04 Å². The number of aliphatic imine (C=N–C) groups is 1. The fourth-order valence-corrected chi connectivity index (χ4v) is 3.23. The summed E-state index contributed by atoms with van der Waals surface area (Å²) < 4.78 is 0. The Morgan fingerprint density at radius 1 is 1.24 bits per heavy atom. The number of nitrogens with one attached hydrogen (secondary N) is 1. The molecule has 2 fully saturated rings. The van der Waals surface area contributed by atoms with Crippen molar-refractivity contribution in [1.82, 2.24) is 5.32 Å². The largest absolute Gasteiger partial charge is 0.357 e. The second-order valence-corrected chi connectivity index (χ2v) is 5.87. The highest BCUT2D eigenvalue weighted by Crippen LogP contribution is 2.29. The van der Waals surface area contributed by atoms with Gasteiger partial charge in [0, 0.05) is 12.3 Å². The van der Waals surface area contributed by atoms with E-state index in [0.717, 1.165) is 23.4 Å². The molecule has 2 aliphatic rings. The molecule has 1 aromatic rings. The zero-order valence-corrected chi connectivity index (χ0v) is 10.7. The van der Waals surface area contributed by atoms with Gasteiger partial charge in [-0.3, -0.25) is 4.99 Å². The molecule has 1 aromatic carbocycles. The van der Waals surface area contributed by atoms with Crippen molar-refractivity contribution in [3.8, 4) is 0 Å². The summed E-state index contributed by atoms with van der Waals surface area (Å²) in [6, 6.07) is 11.1. The lowest BCUT2D eigenvalue weighted by Gasteiger charge is -2.23. The van der Waals surface area contributed by atoms with Gasteiger partial charge in [0.15, 0.2) is 5.17 Å². The summed E-state index contributed by atoms with van der Waals surface area (Å²) in [6.07, 6.45) is 4.16. The van der Waals surface area contributed by atoms with Crippen molar-refractivity contribution >= 4 is 16.9 Å². The maximum absolute atomic E-state index is 4.69. The Morgan fingerprint density at radius 2 is 2.06 bits per heavy atom. The highest BCUT2D eigenvalue weighted by Gasteiger charge is 2.22. The Labute approximate surface area is 107 Å². The summed E-state index contributed by atoms with van der Waals surface area (Å²) in [5, 5.41) is 4.67. The van der Waals surface area contributed by atoms with Crippen molar-refractivity contribution in [3.63, 3.8) is 0 Å². The number of rotatable bonds is 3. The van der Waals surface area contributed by atoms with E-state index in [1.807, 2.05) is 11.8 Å². The third-order valence-electron chi connectivity index (χ3n) is 3.60. The minimum atomic E-state index is 0.446. The summed E-state index contributed by atoms with van der Waals surface area (Å²) >= 11 is 1.86. The lowest BCUT2D eigenvalue weighted by atomic mass is 9.86. The molecule has 3 rings (SSSR count). The van der Waals surface area contributed by atoms with Crippen LogP contribution in [-0.4, -0.2) is 17.5 Å². The van der Waals surface area contributed by atoms with E-state index in [-0.39, 0.29) is 0 Å². The molecule has 0 spiro atoms. The number of hydrogen-bond acceptors (Lipinski definition) is 2. The lowest BCUT2D eigenvalue weighted by molar-refractivity contribution is 0.326. The van der Waals surface area contributed by atoms with Gasteiger partial charge in [0.25, 0.3) is 0 Å². The Kier molecular flexibility index (Phi) is 3.36. The third-order valence-corrected chi connectivity index (χ3v) is 4.62. The van der Waals surface area contributed by atoms with Gasteiger partial charge in [-0.2, -0.15) is 0 Å². The molecule has 0 aromatic heterocycles. The first-order chi connectivity index (χ1) is 8.42. The summed E-state index contributed by atoms with van der Waals surface area (Å²) in [6.45, 7) is 1.02. The topological polar surface area (TPSA) is 24.4 Å². The SMILES string of the molecule is c1ccc(C2CSC(=NCC3CCC3)N2)cc1. The Hall–Kier alpha value is -0.960. The van der Waals surface area contributed by atoms with E-state index in [4.69, 9.17) is 0 Å². The van der Waals surface area contributed by atoms with Crippen molar-refractivity contribution < 1.29 is 0 Å². The predicted octanol–water partition coefficient (Wildman–Crippen LogP) is 3.22. The molecule has 1 saturated carbocycles. The molecule has 3 heteroatoms. The molecule has 1 aliphatic heterocycles. The molecule has 0 amide bonds. The predicted molar refractivity (Wildman–Crippen MR) is 74.4 cm³/mol. The fourth-order valence-electron chi connectivity index (χ4n) is 2.24. The minimum absolute atomic E-state index is 0.446. The van der Waals surface area contributed by atoms with Gasteiger partial charge in [-0.25, -0.2) is 0 Å². The molecule has 1 heterocycles. The Morgan fingerprint density at radius 3 is 2.76 bits per heavy atom. The number of hydrogen-bond donors (Lipinski definition) is 1. The van der Waals surface area contributed by atoms with E-state index in [1.54, 1.807) is 0 Å². The average molecular weight is 246 g/mol. The van der Waals surface area contributed by atoms with Crippen LogP contribution in [0.2, 0.25) is 0 Å². The normalized spacial score (nSPS) is 26.8. The third kappa shape index (κ3) is 2.65.